The highest BCUT2D eigenvalue weighted by atomic mass is 16.5. The third-order valence-corrected chi connectivity index (χ3v) is 3.08. The highest BCUT2D eigenvalue weighted by Gasteiger charge is 2.16. The number of benzene rings is 2. The zero-order valence-electron chi connectivity index (χ0n) is 11.9. The minimum absolute atomic E-state index is 0.0428. The first-order valence-corrected chi connectivity index (χ1v) is 6.59. The van der Waals surface area contributed by atoms with Crippen LogP contribution in [0.5, 0.6) is 11.5 Å². The summed E-state index contributed by atoms with van der Waals surface area (Å²) in [5.41, 5.74) is 2.53. The van der Waals surface area contributed by atoms with Crippen molar-refractivity contribution < 1.29 is 14.6 Å². The highest BCUT2D eigenvalue weighted by molar-refractivity contribution is 5.84. The number of phenols is 1. The van der Waals surface area contributed by atoms with Crippen LogP contribution in [0.3, 0.4) is 0 Å². The molecule has 0 bridgehead atoms. The fourth-order valence-electron chi connectivity index (χ4n) is 2.07. The van der Waals surface area contributed by atoms with Crippen molar-refractivity contribution >= 4 is 17.0 Å². The Morgan fingerprint density at radius 2 is 1.91 bits per heavy atom. The van der Waals surface area contributed by atoms with Crippen molar-refractivity contribution in [2.75, 3.05) is 0 Å². The third-order valence-electron chi connectivity index (χ3n) is 3.08. The molecule has 0 aliphatic carbocycles. The van der Waals surface area contributed by atoms with Gasteiger partial charge in [-0.1, -0.05) is 18.7 Å². The lowest BCUT2D eigenvalue weighted by molar-refractivity contribution is -0.129. The summed E-state index contributed by atoms with van der Waals surface area (Å²) in [4.78, 5) is 12.7. The Morgan fingerprint density at radius 3 is 2.50 bits per heavy atom. The molecule has 6 nitrogen and oxygen atoms in total. The zero-order valence-corrected chi connectivity index (χ0v) is 11.9. The molecule has 0 saturated carbocycles. The van der Waals surface area contributed by atoms with Gasteiger partial charge in [-0.15, -0.1) is 15.0 Å². The van der Waals surface area contributed by atoms with E-state index in [1.165, 1.54) is 4.80 Å². The Labute approximate surface area is 126 Å². The van der Waals surface area contributed by atoms with Crippen molar-refractivity contribution in [3.63, 3.8) is 0 Å². The molecular formula is C16H13N3O3. The number of esters is 1. The van der Waals surface area contributed by atoms with Crippen LogP contribution in [0.15, 0.2) is 49.1 Å². The van der Waals surface area contributed by atoms with Crippen LogP contribution in [0.1, 0.15) is 5.56 Å². The minimum Gasteiger partial charge on any atom is -0.503 e. The van der Waals surface area contributed by atoms with Crippen LogP contribution in [0.4, 0.5) is 0 Å². The number of phenolic OH excluding ortho intramolecular Hbond substituents is 1. The highest BCUT2D eigenvalue weighted by Crippen LogP contribution is 2.34. The Morgan fingerprint density at radius 1 is 1.27 bits per heavy atom. The number of rotatable bonds is 3. The van der Waals surface area contributed by atoms with Gasteiger partial charge in [0, 0.05) is 6.08 Å². The van der Waals surface area contributed by atoms with E-state index in [2.05, 4.69) is 16.8 Å². The van der Waals surface area contributed by atoms with E-state index in [1.807, 2.05) is 31.2 Å². The molecule has 0 spiro atoms. The Bertz CT molecular complexity index is 850. The van der Waals surface area contributed by atoms with Gasteiger partial charge in [-0.2, -0.15) is 0 Å². The average molecular weight is 295 g/mol. The SMILES string of the molecule is C=CC(=O)Oc1cc(C)cc(-n2nc3ccccc3n2)c1O. The van der Waals surface area contributed by atoms with Gasteiger partial charge >= 0.3 is 5.97 Å². The van der Waals surface area contributed by atoms with Gasteiger partial charge in [-0.25, -0.2) is 4.79 Å². The summed E-state index contributed by atoms with van der Waals surface area (Å²) >= 11 is 0. The second kappa shape index (κ2) is 5.33. The topological polar surface area (TPSA) is 77.2 Å². The number of hydrogen-bond donors (Lipinski definition) is 1. The first-order valence-electron chi connectivity index (χ1n) is 6.59. The standard InChI is InChI=1S/C16H13N3O3/c1-3-15(20)22-14-9-10(2)8-13(16(14)21)19-17-11-6-4-5-7-12(11)18-19/h3-9,21H,1H2,2H3. The number of nitrogens with zero attached hydrogens (tertiary/aromatic N) is 3. The second-order valence-corrected chi connectivity index (χ2v) is 4.73. The molecule has 0 fully saturated rings. The zero-order chi connectivity index (χ0) is 15.7. The summed E-state index contributed by atoms with van der Waals surface area (Å²) in [5.74, 6) is -0.812. The predicted molar refractivity (Wildman–Crippen MR) is 81.1 cm³/mol. The normalized spacial score (nSPS) is 10.6. The van der Waals surface area contributed by atoms with Gasteiger partial charge in [0.05, 0.1) is 0 Å². The van der Waals surface area contributed by atoms with Crippen molar-refractivity contribution in [3.8, 4) is 17.2 Å². The number of aromatic hydroxyl groups is 1. The summed E-state index contributed by atoms with van der Waals surface area (Å²) in [6.07, 6.45) is 1.03. The predicted octanol–water partition coefficient (Wildman–Crippen LogP) is 2.53. The molecule has 0 atom stereocenters. The molecular weight excluding hydrogens is 282 g/mol. The van der Waals surface area contributed by atoms with E-state index in [0.717, 1.165) is 11.6 Å². The lowest BCUT2D eigenvalue weighted by atomic mass is 10.2. The molecule has 0 unspecified atom stereocenters. The molecule has 1 heterocycles. The smallest absolute Gasteiger partial charge is 0.335 e. The van der Waals surface area contributed by atoms with Crippen molar-refractivity contribution in [1.29, 1.82) is 0 Å². The van der Waals surface area contributed by atoms with E-state index in [0.29, 0.717) is 16.7 Å². The fraction of sp³-hybridized carbons (Fsp3) is 0.0625. The molecule has 1 N–H and O–H groups in total. The number of hydrogen-bond acceptors (Lipinski definition) is 5. The van der Waals surface area contributed by atoms with Gasteiger partial charge in [-0.05, 0) is 36.8 Å². The number of carbonyl (C=O) groups excluding carboxylic acids is 1. The van der Waals surface area contributed by atoms with Gasteiger partial charge in [0.25, 0.3) is 0 Å². The molecule has 1 aromatic heterocycles. The van der Waals surface area contributed by atoms with Crippen LogP contribution in [-0.2, 0) is 4.79 Å². The van der Waals surface area contributed by atoms with Crippen LogP contribution in [0, 0.1) is 6.92 Å². The quantitative estimate of drug-likeness (QED) is 0.456. The molecule has 0 aliphatic heterocycles. The van der Waals surface area contributed by atoms with Crippen molar-refractivity contribution in [1.82, 2.24) is 15.0 Å². The summed E-state index contributed by atoms with van der Waals surface area (Å²) < 4.78 is 5.04. The van der Waals surface area contributed by atoms with E-state index >= 15 is 0 Å². The second-order valence-electron chi connectivity index (χ2n) is 4.73. The van der Waals surface area contributed by atoms with Crippen molar-refractivity contribution in [2.45, 2.75) is 6.92 Å². The summed E-state index contributed by atoms with van der Waals surface area (Å²) in [7, 11) is 0. The monoisotopic (exact) mass is 295 g/mol. The molecule has 110 valence electrons. The van der Waals surface area contributed by atoms with Gasteiger partial charge < -0.3 is 9.84 Å². The maximum atomic E-state index is 11.3. The first-order chi connectivity index (χ1) is 10.6. The molecule has 0 saturated heterocycles. The van der Waals surface area contributed by atoms with E-state index in [4.69, 9.17) is 4.74 Å². The van der Waals surface area contributed by atoms with Crippen molar-refractivity contribution in [2.24, 2.45) is 0 Å². The van der Waals surface area contributed by atoms with Gasteiger partial charge in [0.2, 0.25) is 0 Å². The summed E-state index contributed by atoms with van der Waals surface area (Å²) in [6, 6.07) is 10.6. The van der Waals surface area contributed by atoms with Crippen LogP contribution < -0.4 is 4.74 Å². The number of ether oxygens (including phenoxy) is 1. The van der Waals surface area contributed by atoms with E-state index in [-0.39, 0.29) is 11.5 Å². The third kappa shape index (κ3) is 2.42. The maximum Gasteiger partial charge on any atom is 0.335 e. The lowest BCUT2D eigenvalue weighted by Crippen LogP contribution is -2.06. The number of fused-ring (bicyclic) bond motifs is 1. The van der Waals surface area contributed by atoms with Crippen LogP contribution in [-0.4, -0.2) is 26.1 Å². The molecule has 3 aromatic rings. The average Bonchev–Trinajstić information content (AvgIpc) is 2.94. The first kappa shape index (κ1) is 13.8. The molecule has 3 rings (SSSR count). The van der Waals surface area contributed by atoms with Crippen LogP contribution in [0.25, 0.3) is 16.7 Å². The van der Waals surface area contributed by atoms with Crippen LogP contribution in [0.2, 0.25) is 0 Å². The Hall–Kier alpha value is -3.15. The molecule has 0 amide bonds. The van der Waals surface area contributed by atoms with E-state index in [9.17, 15) is 9.90 Å². The maximum absolute atomic E-state index is 11.3. The Balaban J connectivity index is 2.13. The van der Waals surface area contributed by atoms with Crippen molar-refractivity contribution in [3.05, 3.63) is 54.6 Å². The Kier molecular flexibility index (Phi) is 3.34. The van der Waals surface area contributed by atoms with E-state index < -0.39 is 5.97 Å². The largest absolute Gasteiger partial charge is 0.503 e. The number of carbonyl (C=O) groups is 1. The molecule has 0 aliphatic rings. The fourth-order valence-corrected chi connectivity index (χ4v) is 2.07. The molecule has 0 radical (unpaired) electrons. The number of aromatic nitrogens is 3. The van der Waals surface area contributed by atoms with Gasteiger partial charge in [0.15, 0.2) is 11.5 Å². The molecule has 2 aromatic carbocycles. The van der Waals surface area contributed by atoms with Crippen LogP contribution >= 0.6 is 0 Å². The van der Waals surface area contributed by atoms with Gasteiger partial charge in [0.1, 0.15) is 16.7 Å². The lowest BCUT2D eigenvalue weighted by Gasteiger charge is -2.10. The number of aryl methyl sites for hydroxylation is 1. The van der Waals surface area contributed by atoms with Gasteiger partial charge in [-0.3, -0.25) is 0 Å². The summed E-state index contributed by atoms with van der Waals surface area (Å²) in [5, 5.41) is 18.9. The molecule has 22 heavy (non-hydrogen) atoms. The van der Waals surface area contributed by atoms with E-state index in [1.54, 1.807) is 12.1 Å². The summed E-state index contributed by atoms with van der Waals surface area (Å²) in [6.45, 7) is 5.15. The molecule has 6 heteroatoms. The minimum atomic E-state index is -0.648.